The molecule has 1 aliphatic carbocycles. The fraction of sp³-hybridized carbons (Fsp3) is 0.292. The van der Waals surface area contributed by atoms with E-state index in [0.717, 1.165) is 54.7 Å². The molecule has 5 rings (SSSR count). The SMILES string of the molecule is C=C(c1cc[nH]n1)c1ccccc1N1CCC2(CC1)Cc1ccc(F)cc1[C@H]2N. The summed E-state index contributed by atoms with van der Waals surface area (Å²) in [4.78, 5) is 2.43. The number of halogens is 1. The quantitative estimate of drug-likeness (QED) is 0.697. The van der Waals surface area contributed by atoms with Gasteiger partial charge in [0.2, 0.25) is 0 Å². The van der Waals surface area contributed by atoms with Crippen LogP contribution in [0.1, 0.15) is 41.3 Å². The number of para-hydroxylation sites is 1. The first kappa shape index (κ1) is 18.1. The number of aromatic amines is 1. The van der Waals surface area contributed by atoms with E-state index in [1.807, 2.05) is 24.4 Å². The Hall–Kier alpha value is -2.92. The van der Waals surface area contributed by atoms with E-state index in [1.165, 1.54) is 11.3 Å². The summed E-state index contributed by atoms with van der Waals surface area (Å²) in [5, 5.41) is 7.15. The molecule has 0 bridgehead atoms. The van der Waals surface area contributed by atoms with E-state index in [-0.39, 0.29) is 17.3 Å². The van der Waals surface area contributed by atoms with Gasteiger partial charge in [0, 0.05) is 42.2 Å². The zero-order chi connectivity index (χ0) is 20.0. The van der Waals surface area contributed by atoms with Crippen LogP contribution in [0.5, 0.6) is 0 Å². The van der Waals surface area contributed by atoms with Crippen LogP contribution in [0.3, 0.4) is 0 Å². The van der Waals surface area contributed by atoms with E-state index in [0.29, 0.717) is 0 Å². The van der Waals surface area contributed by atoms with Crippen LogP contribution in [0.15, 0.2) is 61.3 Å². The zero-order valence-corrected chi connectivity index (χ0v) is 16.4. The average Bonchev–Trinajstić information content (AvgIpc) is 3.37. The second-order valence-electron chi connectivity index (χ2n) is 8.30. The molecule has 2 aliphatic rings. The van der Waals surface area contributed by atoms with Crippen molar-refractivity contribution in [1.29, 1.82) is 0 Å². The van der Waals surface area contributed by atoms with Crippen LogP contribution < -0.4 is 10.6 Å². The van der Waals surface area contributed by atoms with Crippen molar-refractivity contribution in [2.45, 2.75) is 25.3 Å². The lowest BCUT2D eigenvalue weighted by Crippen LogP contribution is -2.44. The molecule has 3 N–H and O–H groups in total. The lowest BCUT2D eigenvalue weighted by atomic mass is 9.73. The van der Waals surface area contributed by atoms with Crippen molar-refractivity contribution < 1.29 is 4.39 Å². The Balaban J connectivity index is 1.38. The van der Waals surface area contributed by atoms with Gasteiger partial charge in [-0.05, 0) is 60.1 Å². The Labute approximate surface area is 170 Å². The van der Waals surface area contributed by atoms with Gasteiger partial charge in [0.05, 0.1) is 5.69 Å². The van der Waals surface area contributed by atoms with Gasteiger partial charge < -0.3 is 10.6 Å². The summed E-state index contributed by atoms with van der Waals surface area (Å²) < 4.78 is 13.7. The fourth-order valence-corrected chi connectivity index (χ4v) is 5.09. The third-order valence-corrected chi connectivity index (χ3v) is 6.78. The topological polar surface area (TPSA) is 57.9 Å². The standard InChI is InChI=1S/C24H25FN4/c1-16(21-8-11-27-28-21)19-4-2-3-5-22(19)29-12-9-24(10-13-29)15-17-6-7-18(25)14-20(17)23(24)26/h2-8,11,14,23H,1,9-10,12-13,15,26H2,(H,27,28)/t23-/m1/s1. The molecule has 29 heavy (non-hydrogen) atoms. The van der Waals surface area contributed by atoms with Crippen molar-refractivity contribution in [1.82, 2.24) is 10.2 Å². The maximum absolute atomic E-state index is 13.7. The molecule has 2 heterocycles. The highest BCUT2D eigenvalue weighted by Crippen LogP contribution is 2.51. The smallest absolute Gasteiger partial charge is 0.123 e. The van der Waals surface area contributed by atoms with Crippen molar-refractivity contribution in [3.63, 3.8) is 0 Å². The Morgan fingerprint density at radius 1 is 1.17 bits per heavy atom. The maximum Gasteiger partial charge on any atom is 0.123 e. The molecule has 1 fully saturated rings. The molecular weight excluding hydrogens is 363 g/mol. The number of fused-ring (bicyclic) bond motifs is 1. The van der Waals surface area contributed by atoms with Gasteiger partial charge in [-0.3, -0.25) is 5.10 Å². The van der Waals surface area contributed by atoms with Crippen molar-refractivity contribution in [3.8, 4) is 0 Å². The largest absolute Gasteiger partial charge is 0.371 e. The second-order valence-corrected chi connectivity index (χ2v) is 8.30. The van der Waals surface area contributed by atoms with Gasteiger partial charge in [-0.1, -0.05) is 30.8 Å². The summed E-state index contributed by atoms with van der Waals surface area (Å²) in [6.07, 6.45) is 4.75. The summed E-state index contributed by atoms with van der Waals surface area (Å²) in [5.41, 5.74) is 12.9. The minimum absolute atomic E-state index is 0.0285. The van der Waals surface area contributed by atoms with Crippen LogP contribution in [-0.4, -0.2) is 23.3 Å². The van der Waals surface area contributed by atoms with Crippen LogP contribution in [0, 0.1) is 11.2 Å². The number of aromatic nitrogens is 2. The van der Waals surface area contributed by atoms with Gasteiger partial charge in [-0.25, -0.2) is 4.39 Å². The summed E-state index contributed by atoms with van der Waals surface area (Å²) in [6.45, 7) is 6.13. The third-order valence-electron chi connectivity index (χ3n) is 6.78. The molecule has 1 saturated heterocycles. The number of nitrogens with zero attached hydrogens (tertiary/aromatic N) is 2. The predicted octanol–water partition coefficient (Wildman–Crippen LogP) is 4.45. The van der Waals surface area contributed by atoms with E-state index >= 15 is 0 Å². The van der Waals surface area contributed by atoms with Crippen LogP contribution in [0.2, 0.25) is 0 Å². The number of nitrogens with two attached hydrogens (primary N) is 1. The maximum atomic E-state index is 13.7. The van der Waals surface area contributed by atoms with Crippen molar-refractivity contribution in [2.24, 2.45) is 11.1 Å². The van der Waals surface area contributed by atoms with Crippen LogP contribution in [0.25, 0.3) is 5.57 Å². The van der Waals surface area contributed by atoms with Gasteiger partial charge >= 0.3 is 0 Å². The Morgan fingerprint density at radius 2 is 1.97 bits per heavy atom. The Kier molecular flexibility index (Phi) is 4.28. The number of hydrogen-bond donors (Lipinski definition) is 2. The number of rotatable bonds is 3. The molecular formula is C24H25FN4. The molecule has 5 heteroatoms. The highest BCUT2D eigenvalue weighted by molar-refractivity contribution is 5.83. The van der Waals surface area contributed by atoms with Crippen molar-refractivity contribution >= 4 is 11.3 Å². The number of hydrogen-bond acceptors (Lipinski definition) is 3. The molecule has 1 aliphatic heterocycles. The summed E-state index contributed by atoms with van der Waals surface area (Å²) in [7, 11) is 0. The molecule has 1 atom stereocenters. The van der Waals surface area contributed by atoms with E-state index < -0.39 is 0 Å². The summed E-state index contributed by atoms with van der Waals surface area (Å²) in [6, 6.07) is 15.3. The molecule has 0 radical (unpaired) electrons. The highest BCUT2D eigenvalue weighted by atomic mass is 19.1. The summed E-state index contributed by atoms with van der Waals surface area (Å²) >= 11 is 0. The van der Waals surface area contributed by atoms with Crippen LogP contribution in [0.4, 0.5) is 10.1 Å². The zero-order valence-electron chi connectivity index (χ0n) is 16.4. The van der Waals surface area contributed by atoms with Crippen molar-refractivity contribution in [3.05, 3.63) is 89.5 Å². The van der Waals surface area contributed by atoms with Gasteiger partial charge in [-0.15, -0.1) is 0 Å². The number of anilines is 1. The van der Waals surface area contributed by atoms with E-state index in [9.17, 15) is 4.39 Å². The second kappa shape index (κ2) is 6.85. The Bertz CT molecular complexity index is 1050. The third kappa shape index (κ3) is 2.97. The lowest BCUT2D eigenvalue weighted by molar-refractivity contribution is 0.187. The fourth-order valence-electron chi connectivity index (χ4n) is 5.09. The van der Waals surface area contributed by atoms with E-state index in [4.69, 9.17) is 5.73 Å². The normalized spacial score (nSPS) is 20.1. The first-order chi connectivity index (χ1) is 14.1. The number of piperidine rings is 1. The van der Waals surface area contributed by atoms with Crippen molar-refractivity contribution in [2.75, 3.05) is 18.0 Å². The number of H-pyrrole nitrogens is 1. The predicted molar refractivity (Wildman–Crippen MR) is 114 cm³/mol. The summed E-state index contributed by atoms with van der Waals surface area (Å²) in [5.74, 6) is -0.195. The molecule has 148 valence electrons. The first-order valence-electron chi connectivity index (χ1n) is 10.1. The van der Waals surface area contributed by atoms with Crippen LogP contribution in [-0.2, 0) is 6.42 Å². The molecule has 2 aromatic carbocycles. The van der Waals surface area contributed by atoms with Gasteiger partial charge in [0.25, 0.3) is 0 Å². The lowest BCUT2D eigenvalue weighted by Gasteiger charge is -2.43. The molecule has 3 aromatic rings. The molecule has 0 amide bonds. The highest BCUT2D eigenvalue weighted by Gasteiger charge is 2.46. The first-order valence-corrected chi connectivity index (χ1v) is 10.1. The minimum Gasteiger partial charge on any atom is -0.371 e. The number of benzene rings is 2. The van der Waals surface area contributed by atoms with E-state index in [2.05, 4.69) is 39.9 Å². The molecule has 1 aromatic heterocycles. The Morgan fingerprint density at radius 3 is 2.72 bits per heavy atom. The van der Waals surface area contributed by atoms with Gasteiger partial charge in [-0.2, -0.15) is 5.10 Å². The molecule has 0 saturated carbocycles. The van der Waals surface area contributed by atoms with Gasteiger partial charge in [0.1, 0.15) is 5.82 Å². The monoisotopic (exact) mass is 388 g/mol. The number of nitrogens with one attached hydrogen (secondary N) is 1. The van der Waals surface area contributed by atoms with E-state index in [1.54, 1.807) is 12.1 Å². The molecule has 1 spiro atoms. The van der Waals surface area contributed by atoms with Gasteiger partial charge in [0.15, 0.2) is 0 Å². The molecule has 4 nitrogen and oxygen atoms in total. The average molecular weight is 388 g/mol. The minimum atomic E-state index is -0.195. The molecule has 0 unspecified atom stereocenters. The van der Waals surface area contributed by atoms with Crippen LogP contribution >= 0.6 is 0 Å².